The fourth-order valence-corrected chi connectivity index (χ4v) is 3.70. The number of ether oxygens (including phenoxy) is 2. The first kappa shape index (κ1) is 20.4. The van der Waals surface area contributed by atoms with E-state index in [1.165, 1.54) is 6.07 Å². The maximum Gasteiger partial charge on any atom is 0.341 e. The molecule has 8 heteroatoms. The van der Waals surface area contributed by atoms with E-state index in [0.29, 0.717) is 36.8 Å². The molecule has 0 radical (unpaired) electrons. The van der Waals surface area contributed by atoms with E-state index in [4.69, 9.17) is 21.1 Å². The number of aromatic amines is 1. The Balaban J connectivity index is 2.07. The molecule has 1 atom stereocenters. The summed E-state index contributed by atoms with van der Waals surface area (Å²) in [7, 11) is 1.63. The second-order valence-corrected chi connectivity index (χ2v) is 7.54. The predicted octanol–water partition coefficient (Wildman–Crippen LogP) is 3.50. The molecule has 1 aliphatic rings. The van der Waals surface area contributed by atoms with Gasteiger partial charge in [0.2, 0.25) is 0 Å². The van der Waals surface area contributed by atoms with Gasteiger partial charge in [-0.25, -0.2) is 9.78 Å². The number of nitrogens with one attached hydrogen (secondary N) is 1. The van der Waals surface area contributed by atoms with Crippen molar-refractivity contribution in [1.82, 2.24) is 9.97 Å². The molecule has 7 nitrogen and oxygen atoms in total. The predicted molar refractivity (Wildman–Crippen MR) is 106 cm³/mol. The van der Waals surface area contributed by atoms with Gasteiger partial charge in [-0.05, 0) is 41.5 Å². The van der Waals surface area contributed by atoms with Crippen LogP contribution in [0.5, 0.6) is 5.75 Å². The highest BCUT2D eigenvalue weighted by atomic mass is 35.5. The van der Waals surface area contributed by atoms with Crippen molar-refractivity contribution in [2.24, 2.45) is 5.92 Å². The highest BCUT2D eigenvalue weighted by Gasteiger charge is 2.31. The SMILES string of the molecule is COCCCOc1cc2c(nc1Cl)-c1[nH]c(=O)c(C(=O)O)cc1C(C(C)C)C2. The molecule has 0 fully saturated rings. The molecule has 0 saturated carbocycles. The average Bonchev–Trinajstić information content (AvgIpc) is 2.64. The molecule has 0 bridgehead atoms. The Bertz CT molecular complexity index is 954. The quantitative estimate of drug-likeness (QED) is 0.539. The molecule has 0 spiro atoms. The maximum atomic E-state index is 12.2. The summed E-state index contributed by atoms with van der Waals surface area (Å²) in [5, 5.41) is 9.51. The summed E-state index contributed by atoms with van der Waals surface area (Å²) >= 11 is 6.31. The number of hydrogen-bond acceptors (Lipinski definition) is 5. The number of carboxylic acids is 1. The highest BCUT2D eigenvalue weighted by molar-refractivity contribution is 6.31. The molecule has 0 aliphatic heterocycles. The molecular weight excluding hydrogens is 384 g/mol. The third-order valence-corrected chi connectivity index (χ3v) is 5.23. The second-order valence-electron chi connectivity index (χ2n) is 7.18. The first-order chi connectivity index (χ1) is 13.3. The minimum absolute atomic E-state index is 0.0433. The lowest BCUT2D eigenvalue weighted by atomic mass is 9.77. The minimum Gasteiger partial charge on any atom is -0.490 e. The van der Waals surface area contributed by atoms with Gasteiger partial charge in [0.15, 0.2) is 10.9 Å². The van der Waals surface area contributed by atoms with Crippen molar-refractivity contribution < 1.29 is 19.4 Å². The van der Waals surface area contributed by atoms with Crippen LogP contribution in [0.1, 0.15) is 47.7 Å². The summed E-state index contributed by atoms with van der Waals surface area (Å²) in [6, 6.07) is 3.33. The summed E-state index contributed by atoms with van der Waals surface area (Å²) in [6.07, 6.45) is 1.39. The molecule has 2 aromatic rings. The normalized spacial score (nSPS) is 15.2. The van der Waals surface area contributed by atoms with Gasteiger partial charge in [-0.2, -0.15) is 0 Å². The zero-order valence-corrected chi connectivity index (χ0v) is 16.8. The largest absolute Gasteiger partial charge is 0.490 e. The van der Waals surface area contributed by atoms with Crippen molar-refractivity contribution in [3.63, 3.8) is 0 Å². The number of methoxy groups -OCH3 is 1. The molecule has 0 aromatic carbocycles. The lowest BCUT2D eigenvalue weighted by Crippen LogP contribution is -2.25. The molecule has 1 unspecified atom stereocenters. The standard InChI is InChI=1S/C20H23ClN2O5/c1-10(2)12-7-11-8-15(28-6-4-5-27-3)18(21)22-16(11)17-13(12)9-14(20(25)26)19(24)23-17/h8-10,12H,4-7H2,1-3H3,(H,23,24)(H,25,26). The second kappa shape index (κ2) is 8.32. The van der Waals surface area contributed by atoms with Crippen molar-refractivity contribution in [2.75, 3.05) is 20.3 Å². The highest BCUT2D eigenvalue weighted by Crippen LogP contribution is 2.43. The summed E-state index contributed by atoms with van der Waals surface area (Å²) in [4.78, 5) is 30.8. The number of aromatic nitrogens is 2. The number of nitrogens with zero attached hydrogens (tertiary/aromatic N) is 1. The van der Waals surface area contributed by atoms with Gasteiger partial charge in [-0.3, -0.25) is 4.79 Å². The summed E-state index contributed by atoms with van der Waals surface area (Å²) in [6.45, 7) is 5.18. The van der Waals surface area contributed by atoms with Crippen molar-refractivity contribution in [1.29, 1.82) is 0 Å². The fraction of sp³-hybridized carbons (Fsp3) is 0.450. The van der Waals surface area contributed by atoms with Crippen LogP contribution in [0.4, 0.5) is 0 Å². The Morgan fingerprint density at radius 3 is 2.79 bits per heavy atom. The summed E-state index contributed by atoms with van der Waals surface area (Å²) in [5.74, 6) is -0.474. The number of pyridine rings is 2. The van der Waals surface area contributed by atoms with Crippen LogP contribution in [-0.2, 0) is 11.2 Å². The van der Waals surface area contributed by atoms with Gasteiger partial charge < -0.3 is 19.6 Å². The van der Waals surface area contributed by atoms with Crippen LogP contribution in [0.3, 0.4) is 0 Å². The van der Waals surface area contributed by atoms with Crippen LogP contribution in [0.25, 0.3) is 11.4 Å². The molecule has 0 saturated heterocycles. The van der Waals surface area contributed by atoms with E-state index < -0.39 is 11.5 Å². The molecule has 3 rings (SSSR count). The number of aromatic carboxylic acids is 1. The van der Waals surface area contributed by atoms with Crippen LogP contribution in [0.15, 0.2) is 16.9 Å². The molecule has 28 heavy (non-hydrogen) atoms. The Morgan fingerprint density at radius 2 is 2.14 bits per heavy atom. The number of hydrogen-bond donors (Lipinski definition) is 2. The smallest absolute Gasteiger partial charge is 0.341 e. The number of H-pyrrole nitrogens is 1. The van der Waals surface area contributed by atoms with E-state index >= 15 is 0 Å². The van der Waals surface area contributed by atoms with Gasteiger partial charge in [0, 0.05) is 20.1 Å². The number of fused-ring (bicyclic) bond motifs is 3. The van der Waals surface area contributed by atoms with Gasteiger partial charge in [0.1, 0.15) is 5.56 Å². The van der Waals surface area contributed by atoms with Crippen LogP contribution >= 0.6 is 11.6 Å². The van der Waals surface area contributed by atoms with E-state index in [9.17, 15) is 14.7 Å². The molecule has 2 N–H and O–H groups in total. The minimum atomic E-state index is -1.25. The topological polar surface area (TPSA) is 102 Å². The number of halogens is 1. The number of carboxylic acid groups (broad SMARTS) is 1. The van der Waals surface area contributed by atoms with Crippen LogP contribution in [-0.4, -0.2) is 41.4 Å². The van der Waals surface area contributed by atoms with Crippen molar-refractivity contribution in [3.8, 4) is 17.1 Å². The number of rotatable bonds is 7. The Hall–Kier alpha value is -2.38. The van der Waals surface area contributed by atoms with Gasteiger partial charge in [0.25, 0.3) is 5.56 Å². The van der Waals surface area contributed by atoms with E-state index in [0.717, 1.165) is 17.5 Å². The first-order valence-corrected chi connectivity index (χ1v) is 9.53. The number of carbonyl (C=O) groups is 1. The van der Waals surface area contributed by atoms with E-state index in [-0.39, 0.29) is 22.6 Å². The third kappa shape index (κ3) is 3.91. The van der Waals surface area contributed by atoms with Crippen molar-refractivity contribution in [3.05, 3.63) is 44.3 Å². The molecule has 2 heterocycles. The van der Waals surface area contributed by atoms with E-state index in [1.807, 2.05) is 6.07 Å². The first-order valence-electron chi connectivity index (χ1n) is 9.15. The molecule has 0 amide bonds. The Labute approximate surface area is 167 Å². The van der Waals surface area contributed by atoms with Gasteiger partial charge in [-0.1, -0.05) is 25.4 Å². The summed E-state index contributed by atoms with van der Waals surface area (Å²) in [5.41, 5.74) is 1.86. The maximum absolute atomic E-state index is 12.2. The Morgan fingerprint density at radius 1 is 1.39 bits per heavy atom. The zero-order chi connectivity index (χ0) is 20.4. The van der Waals surface area contributed by atoms with Crippen LogP contribution in [0, 0.1) is 5.92 Å². The zero-order valence-electron chi connectivity index (χ0n) is 16.0. The molecular formula is C20H23ClN2O5. The molecule has 1 aliphatic carbocycles. The van der Waals surface area contributed by atoms with Crippen molar-refractivity contribution in [2.45, 2.75) is 32.6 Å². The van der Waals surface area contributed by atoms with Gasteiger partial charge in [-0.15, -0.1) is 0 Å². The third-order valence-electron chi connectivity index (χ3n) is 4.96. The lowest BCUT2D eigenvalue weighted by Gasteiger charge is -2.30. The monoisotopic (exact) mass is 406 g/mol. The Kier molecular flexibility index (Phi) is 6.05. The van der Waals surface area contributed by atoms with E-state index in [2.05, 4.69) is 23.8 Å². The molecule has 2 aromatic heterocycles. The van der Waals surface area contributed by atoms with E-state index in [1.54, 1.807) is 7.11 Å². The molecule has 150 valence electrons. The summed E-state index contributed by atoms with van der Waals surface area (Å²) < 4.78 is 10.8. The van der Waals surface area contributed by atoms with Crippen LogP contribution in [0.2, 0.25) is 5.15 Å². The average molecular weight is 407 g/mol. The van der Waals surface area contributed by atoms with Gasteiger partial charge in [0.05, 0.1) is 18.0 Å². The van der Waals surface area contributed by atoms with Crippen molar-refractivity contribution >= 4 is 17.6 Å². The van der Waals surface area contributed by atoms with Gasteiger partial charge >= 0.3 is 5.97 Å². The lowest BCUT2D eigenvalue weighted by molar-refractivity contribution is 0.0694. The fourth-order valence-electron chi connectivity index (χ4n) is 3.51. The van der Waals surface area contributed by atoms with Crippen LogP contribution < -0.4 is 10.3 Å².